The maximum Gasteiger partial charge on any atom is 0.267 e. The average Bonchev–Trinajstić information content (AvgIpc) is 2.73. The highest BCUT2D eigenvalue weighted by Gasteiger charge is 2.29. The Morgan fingerprint density at radius 1 is 1.18 bits per heavy atom. The van der Waals surface area contributed by atoms with Crippen molar-refractivity contribution in [1.29, 1.82) is 0 Å². The summed E-state index contributed by atoms with van der Waals surface area (Å²) in [4.78, 5) is 13.9. The maximum absolute atomic E-state index is 12.4. The zero-order valence-electron chi connectivity index (χ0n) is 15.2. The first-order chi connectivity index (χ1) is 13.5. The molecule has 1 aliphatic heterocycles. The fraction of sp³-hybridized carbons (Fsp3) is 0.316. The van der Waals surface area contributed by atoms with Crippen LogP contribution in [0, 0.1) is 5.92 Å². The third-order valence-electron chi connectivity index (χ3n) is 4.31. The van der Waals surface area contributed by atoms with Crippen LogP contribution >= 0.6 is 0 Å². The lowest BCUT2D eigenvalue weighted by atomic mass is 10.0. The molecule has 0 aliphatic carbocycles. The van der Waals surface area contributed by atoms with Gasteiger partial charge in [-0.2, -0.15) is 0 Å². The van der Waals surface area contributed by atoms with Gasteiger partial charge in [-0.05, 0) is 42.7 Å². The SMILES string of the molecule is O=C(C1CCCOC1)N(O)NS(=O)(=O)c1ccc(OCc2ccccc2)cc1. The van der Waals surface area contributed by atoms with Gasteiger partial charge in [-0.15, -0.1) is 5.17 Å². The number of hydroxylamine groups is 1. The van der Waals surface area contributed by atoms with E-state index in [9.17, 15) is 18.4 Å². The largest absolute Gasteiger partial charge is 0.489 e. The van der Waals surface area contributed by atoms with Crippen LogP contribution in [0.15, 0.2) is 59.5 Å². The van der Waals surface area contributed by atoms with Crippen molar-refractivity contribution in [3.63, 3.8) is 0 Å². The average molecular weight is 406 g/mol. The van der Waals surface area contributed by atoms with Gasteiger partial charge in [0.05, 0.1) is 17.4 Å². The van der Waals surface area contributed by atoms with Crippen LogP contribution in [0.3, 0.4) is 0 Å². The zero-order valence-corrected chi connectivity index (χ0v) is 16.0. The van der Waals surface area contributed by atoms with Crippen LogP contribution in [0.2, 0.25) is 0 Å². The standard InChI is InChI=1S/C19H22N2O6S/c22-19(16-7-4-12-26-14-16)21(23)20-28(24,25)18-10-8-17(9-11-18)27-13-15-5-2-1-3-6-15/h1-3,5-6,8-11,16,20,23H,4,7,12-14H2. The molecule has 28 heavy (non-hydrogen) atoms. The van der Waals surface area contributed by atoms with E-state index >= 15 is 0 Å². The van der Waals surface area contributed by atoms with Crippen LogP contribution in [-0.4, -0.2) is 37.9 Å². The highest BCUT2D eigenvalue weighted by molar-refractivity contribution is 7.89. The third-order valence-corrected chi connectivity index (χ3v) is 5.61. The first kappa shape index (κ1) is 20.3. The molecule has 1 unspecified atom stereocenters. The Kier molecular flexibility index (Phi) is 6.63. The van der Waals surface area contributed by atoms with Crippen molar-refractivity contribution in [1.82, 2.24) is 10.0 Å². The normalized spacial score (nSPS) is 17.1. The second-order valence-electron chi connectivity index (χ2n) is 6.40. The van der Waals surface area contributed by atoms with E-state index in [4.69, 9.17) is 9.47 Å². The first-order valence-electron chi connectivity index (χ1n) is 8.85. The maximum atomic E-state index is 12.4. The number of benzene rings is 2. The summed E-state index contributed by atoms with van der Waals surface area (Å²) in [7, 11) is -4.12. The minimum Gasteiger partial charge on any atom is -0.489 e. The number of hydrogen-bond acceptors (Lipinski definition) is 6. The highest BCUT2D eigenvalue weighted by atomic mass is 32.2. The fourth-order valence-corrected chi connectivity index (χ4v) is 3.69. The van der Waals surface area contributed by atoms with Crippen LogP contribution in [-0.2, 0) is 26.2 Å². The summed E-state index contributed by atoms with van der Waals surface area (Å²) >= 11 is 0. The van der Waals surface area contributed by atoms with Crippen molar-refractivity contribution >= 4 is 15.9 Å². The topological polar surface area (TPSA) is 105 Å². The molecule has 0 spiro atoms. The molecule has 0 bridgehead atoms. The van der Waals surface area contributed by atoms with Crippen molar-refractivity contribution in [3.05, 3.63) is 60.2 Å². The number of nitrogens with zero attached hydrogens (tertiary/aromatic N) is 1. The van der Waals surface area contributed by atoms with E-state index in [1.54, 1.807) is 0 Å². The predicted molar refractivity (Wildman–Crippen MR) is 99.7 cm³/mol. The zero-order chi connectivity index (χ0) is 20.0. The molecule has 3 rings (SSSR count). The number of sulfonamides is 1. The molecule has 0 aromatic heterocycles. The molecule has 2 aromatic rings. The molecule has 1 amide bonds. The highest BCUT2D eigenvalue weighted by Crippen LogP contribution is 2.19. The summed E-state index contributed by atoms with van der Waals surface area (Å²) in [6, 6.07) is 15.3. The quantitative estimate of drug-likeness (QED) is 0.539. The number of hydrogen-bond donors (Lipinski definition) is 2. The summed E-state index contributed by atoms with van der Waals surface area (Å²) in [6.45, 7) is 1.07. The smallest absolute Gasteiger partial charge is 0.267 e. The molecule has 8 nitrogen and oxygen atoms in total. The van der Waals surface area contributed by atoms with Gasteiger partial charge in [0.25, 0.3) is 15.9 Å². The Bertz CT molecular complexity index is 880. The van der Waals surface area contributed by atoms with E-state index in [1.165, 1.54) is 24.3 Å². The molecule has 1 fully saturated rings. The summed E-state index contributed by atoms with van der Waals surface area (Å²) in [6.07, 6.45) is 1.21. The molecule has 2 aromatic carbocycles. The molecule has 9 heteroatoms. The van der Waals surface area contributed by atoms with Gasteiger partial charge in [-0.1, -0.05) is 35.2 Å². The second kappa shape index (κ2) is 9.16. The Labute approximate surface area is 163 Å². The van der Waals surface area contributed by atoms with Crippen LogP contribution in [0.5, 0.6) is 5.75 Å². The summed E-state index contributed by atoms with van der Waals surface area (Å²) in [5, 5.41) is 9.87. The third kappa shape index (κ3) is 5.29. The van der Waals surface area contributed by atoms with Gasteiger partial charge in [-0.25, -0.2) is 8.42 Å². The van der Waals surface area contributed by atoms with Gasteiger partial charge in [-0.3, -0.25) is 10.0 Å². The van der Waals surface area contributed by atoms with Gasteiger partial charge in [0, 0.05) is 6.61 Å². The molecule has 0 radical (unpaired) electrons. The van der Waals surface area contributed by atoms with Gasteiger partial charge in [0.2, 0.25) is 0 Å². The lowest BCUT2D eigenvalue weighted by molar-refractivity contribution is -0.181. The molecule has 2 N–H and O–H groups in total. The van der Waals surface area contributed by atoms with Crippen molar-refractivity contribution in [3.8, 4) is 5.75 Å². The Morgan fingerprint density at radius 3 is 2.54 bits per heavy atom. The van der Waals surface area contributed by atoms with E-state index in [1.807, 2.05) is 35.2 Å². The molecule has 1 atom stereocenters. The van der Waals surface area contributed by atoms with Crippen LogP contribution in [0.4, 0.5) is 0 Å². The second-order valence-corrected chi connectivity index (χ2v) is 8.07. The van der Waals surface area contributed by atoms with Crippen LogP contribution in [0.25, 0.3) is 0 Å². The molecule has 0 saturated carbocycles. The minimum absolute atomic E-state index is 0.0223. The van der Waals surface area contributed by atoms with Crippen LogP contribution < -0.4 is 9.57 Å². The van der Waals surface area contributed by atoms with Gasteiger partial charge >= 0.3 is 0 Å². The fourth-order valence-electron chi connectivity index (χ4n) is 2.78. The van der Waals surface area contributed by atoms with Gasteiger partial charge in [0.15, 0.2) is 0 Å². The van der Waals surface area contributed by atoms with E-state index < -0.39 is 21.8 Å². The Hall–Kier alpha value is -2.46. The van der Waals surface area contributed by atoms with Crippen molar-refractivity contribution < 1.29 is 27.9 Å². The van der Waals surface area contributed by atoms with E-state index in [2.05, 4.69) is 0 Å². The van der Waals surface area contributed by atoms with E-state index in [0.29, 0.717) is 31.8 Å². The number of carbonyl (C=O) groups is 1. The molecular weight excluding hydrogens is 384 g/mol. The van der Waals surface area contributed by atoms with Crippen LogP contribution in [0.1, 0.15) is 18.4 Å². The minimum atomic E-state index is -4.12. The molecule has 1 heterocycles. The number of amides is 1. The molecular formula is C19H22N2O6S. The van der Waals surface area contributed by atoms with Crippen molar-refractivity contribution in [2.75, 3.05) is 13.2 Å². The molecule has 1 aliphatic rings. The first-order valence-corrected chi connectivity index (χ1v) is 10.3. The number of rotatable bonds is 7. The summed E-state index contributed by atoms with van der Waals surface area (Å²) < 4.78 is 35.6. The number of carbonyl (C=O) groups excluding carboxylic acids is 1. The number of hydrazine groups is 1. The predicted octanol–water partition coefficient (Wildman–Crippen LogP) is 2.10. The number of ether oxygens (including phenoxy) is 2. The van der Waals surface area contributed by atoms with Gasteiger partial charge < -0.3 is 9.47 Å². The number of nitrogens with one attached hydrogen (secondary N) is 1. The van der Waals surface area contributed by atoms with E-state index in [0.717, 1.165) is 5.56 Å². The Balaban J connectivity index is 1.59. The van der Waals surface area contributed by atoms with Crippen molar-refractivity contribution in [2.24, 2.45) is 5.92 Å². The molecule has 1 saturated heterocycles. The lowest BCUT2D eigenvalue weighted by Crippen LogP contribution is -2.47. The summed E-state index contributed by atoms with van der Waals surface area (Å²) in [5.41, 5.74) is 0.988. The summed E-state index contributed by atoms with van der Waals surface area (Å²) in [5.74, 6) is -0.819. The van der Waals surface area contributed by atoms with E-state index in [-0.39, 0.29) is 16.7 Å². The van der Waals surface area contributed by atoms with Crippen molar-refractivity contribution in [2.45, 2.75) is 24.3 Å². The Morgan fingerprint density at radius 2 is 1.89 bits per heavy atom. The monoisotopic (exact) mass is 406 g/mol. The lowest BCUT2D eigenvalue weighted by Gasteiger charge is -2.24. The van der Waals surface area contributed by atoms with Gasteiger partial charge in [0.1, 0.15) is 12.4 Å². The molecule has 150 valence electrons.